The van der Waals surface area contributed by atoms with E-state index in [4.69, 9.17) is 0 Å². The highest BCUT2D eigenvalue weighted by Crippen LogP contribution is 2.49. The Kier molecular flexibility index (Phi) is 4.69. The van der Waals surface area contributed by atoms with Crippen LogP contribution in [0.5, 0.6) is 0 Å². The molecule has 0 amide bonds. The fourth-order valence-corrected chi connectivity index (χ4v) is 4.37. The molecule has 2 aliphatic carbocycles. The fourth-order valence-electron chi connectivity index (χ4n) is 4.37. The summed E-state index contributed by atoms with van der Waals surface area (Å²) >= 11 is 0. The van der Waals surface area contributed by atoms with Gasteiger partial charge in [0.05, 0.1) is 5.41 Å². The van der Waals surface area contributed by atoms with Crippen molar-refractivity contribution in [1.82, 2.24) is 0 Å². The molecule has 103 valence electrons. The molecule has 0 aromatic rings. The maximum absolute atomic E-state index is 11.7. The van der Waals surface area contributed by atoms with Crippen LogP contribution in [0.25, 0.3) is 0 Å². The van der Waals surface area contributed by atoms with Crippen LogP contribution in [0.15, 0.2) is 0 Å². The standard InChI is InChI=1S/C16H27O2/c1-2-6-13-7-9-14(10-8-13)16(15(17)18)11-4-3-5-12-16/h13-14H,2-12H2,1H3. The van der Waals surface area contributed by atoms with Crippen molar-refractivity contribution in [2.45, 2.75) is 77.6 Å². The molecular weight excluding hydrogens is 224 g/mol. The van der Waals surface area contributed by atoms with Crippen molar-refractivity contribution >= 4 is 5.97 Å². The predicted molar refractivity (Wildman–Crippen MR) is 71.6 cm³/mol. The van der Waals surface area contributed by atoms with Gasteiger partial charge in [-0.2, -0.15) is 0 Å². The maximum atomic E-state index is 11.7. The van der Waals surface area contributed by atoms with Crippen LogP contribution in [0.3, 0.4) is 0 Å². The Morgan fingerprint density at radius 2 is 1.67 bits per heavy atom. The summed E-state index contributed by atoms with van der Waals surface area (Å²) in [5.74, 6) is 0.505. The van der Waals surface area contributed by atoms with Gasteiger partial charge in [0.15, 0.2) is 0 Å². The summed E-state index contributed by atoms with van der Waals surface area (Å²) in [5, 5.41) is 11.7. The van der Waals surface area contributed by atoms with E-state index in [1.165, 1.54) is 32.1 Å². The van der Waals surface area contributed by atoms with Gasteiger partial charge in [0.25, 0.3) is 0 Å². The first-order valence-electron chi connectivity index (χ1n) is 7.90. The molecule has 2 aliphatic rings. The largest absolute Gasteiger partial charge is 0.361 e. The summed E-state index contributed by atoms with van der Waals surface area (Å²) in [5.41, 5.74) is -0.463. The highest BCUT2D eigenvalue weighted by atomic mass is 16.4. The van der Waals surface area contributed by atoms with E-state index in [1.807, 2.05) is 0 Å². The second-order valence-corrected chi connectivity index (χ2v) is 6.51. The molecule has 18 heavy (non-hydrogen) atoms. The third-order valence-corrected chi connectivity index (χ3v) is 5.48. The van der Waals surface area contributed by atoms with Crippen molar-refractivity contribution in [3.05, 3.63) is 0 Å². The topological polar surface area (TPSA) is 37.0 Å². The van der Waals surface area contributed by atoms with E-state index in [-0.39, 0.29) is 0 Å². The number of carbonyl (C=O) groups is 1. The van der Waals surface area contributed by atoms with E-state index in [2.05, 4.69) is 6.92 Å². The summed E-state index contributed by atoms with van der Waals surface area (Å²) < 4.78 is 0. The zero-order valence-electron chi connectivity index (χ0n) is 11.7. The number of hydrogen-bond acceptors (Lipinski definition) is 1. The van der Waals surface area contributed by atoms with E-state index in [0.29, 0.717) is 5.92 Å². The zero-order valence-corrected chi connectivity index (χ0v) is 11.7. The van der Waals surface area contributed by atoms with E-state index < -0.39 is 11.4 Å². The molecule has 2 fully saturated rings. The lowest BCUT2D eigenvalue weighted by molar-refractivity contribution is -0.163. The third-order valence-electron chi connectivity index (χ3n) is 5.48. The van der Waals surface area contributed by atoms with Crippen LogP contribution in [-0.2, 0) is 9.90 Å². The lowest BCUT2D eigenvalue weighted by atomic mass is 9.60. The Morgan fingerprint density at radius 1 is 1.06 bits per heavy atom. The molecule has 0 aromatic carbocycles. The molecule has 2 heteroatoms. The van der Waals surface area contributed by atoms with Crippen LogP contribution >= 0.6 is 0 Å². The van der Waals surface area contributed by atoms with Gasteiger partial charge >= 0.3 is 5.97 Å². The molecule has 1 radical (unpaired) electrons. The SMILES string of the molecule is CCCC1CCC(C2(C([O])=O)CCCCC2)CC1. The number of hydrogen-bond donors (Lipinski definition) is 0. The predicted octanol–water partition coefficient (Wildman–Crippen LogP) is 4.50. The molecule has 0 saturated heterocycles. The summed E-state index contributed by atoms with van der Waals surface area (Å²) in [6.45, 7) is 2.25. The molecule has 0 spiro atoms. The smallest absolute Gasteiger partial charge is 0.247 e. The molecule has 0 aliphatic heterocycles. The van der Waals surface area contributed by atoms with Gasteiger partial charge < -0.3 is 0 Å². The lowest BCUT2D eigenvalue weighted by Crippen LogP contribution is -2.41. The number of carbonyl (C=O) groups excluding carboxylic acids is 1. The van der Waals surface area contributed by atoms with E-state index in [9.17, 15) is 9.90 Å². The summed E-state index contributed by atoms with van der Waals surface area (Å²) in [6.07, 6.45) is 12.5. The van der Waals surface area contributed by atoms with Crippen LogP contribution in [0.1, 0.15) is 77.6 Å². The Labute approximate surface area is 111 Å². The average Bonchev–Trinajstić information content (AvgIpc) is 2.40. The van der Waals surface area contributed by atoms with Crippen LogP contribution < -0.4 is 0 Å². The van der Waals surface area contributed by atoms with Gasteiger partial charge in [-0.05, 0) is 37.5 Å². The van der Waals surface area contributed by atoms with Crippen molar-refractivity contribution in [1.29, 1.82) is 0 Å². The number of rotatable bonds is 4. The molecule has 0 heterocycles. The monoisotopic (exact) mass is 251 g/mol. The molecule has 2 rings (SSSR count). The van der Waals surface area contributed by atoms with Gasteiger partial charge in [-0.1, -0.05) is 51.9 Å². The minimum Gasteiger partial charge on any atom is -0.247 e. The minimum atomic E-state index is -0.749. The van der Waals surface area contributed by atoms with Gasteiger partial charge in [-0.25, -0.2) is 9.90 Å². The van der Waals surface area contributed by atoms with Gasteiger partial charge in [0.1, 0.15) is 0 Å². The van der Waals surface area contributed by atoms with Crippen LogP contribution in [0, 0.1) is 17.3 Å². The normalized spacial score (nSPS) is 32.1. The Morgan fingerprint density at radius 3 is 2.17 bits per heavy atom. The average molecular weight is 251 g/mol. The van der Waals surface area contributed by atoms with Crippen molar-refractivity contribution in [3.63, 3.8) is 0 Å². The van der Waals surface area contributed by atoms with Crippen molar-refractivity contribution < 1.29 is 9.90 Å². The van der Waals surface area contributed by atoms with Gasteiger partial charge in [0.2, 0.25) is 0 Å². The second kappa shape index (κ2) is 6.08. The van der Waals surface area contributed by atoms with Crippen LogP contribution in [0.4, 0.5) is 0 Å². The van der Waals surface area contributed by atoms with Gasteiger partial charge in [-0.15, -0.1) is 0 Å². The molecule has 0 aromatic heterocycles. The molecule has 0 atom stereocenters. The summed E-state index contributed by atoms with van der Waals surface area (Å²) in [4.78, 5) is 11.7. The second-order valence-electron chi connectivity index (χ2n) is 6.51. The highest BCUT2D eigenvalue weighted by Gasteiger charge is 2.48. The van der Waals surface area contributed by atoms with Crippen LogP contribution in [-0.4, -0.2) is 5.97 Å². The molecule has 0 N–H and O–H groups in total. The fraction of sp³-hybridized carbons (Fsp3) is 0.938. The highest BCUT2D eigenvalue weighted by molar-refractivity contribution is 5.74. The Bertz CT molecular complexity index is 271. The van der Waals surface area contributed by atoms with E-state index >= 15 is 0 Å². The third kappa shape index (κ3) is 2.73. The van der Waals surface area contributed by atoms with Crippen molar-refractivity contribution in [3.8, 4) is 0 Å². The lowest BCUT2D eigenvalue weighted by Gasteiger charge is -2.42. The van der Waals surface area contributed by atoms with Gasteiger partial charge in [-0.3, -0.25) is 0 Å². The molecule has 2 nitrogen and oxygen atoms in total. The summed E-state index contributed by atoms with van der Waals surface area (Å²) in [7, 11) is 0. The van der Waals surface area contributed by atoms with Crippen molar-refractivity contribution in [2.24, 2.45) is 17.3 Å². The molecule has 0 bridgehead atoms. The molecule has 2 saturated carbocycles. The van der Waals surface area contributed by atoms with Gasteiger partial charge in [0, 0.05) is 0 Å². The summed E-state index contributed by atoms with van der Waals surface area (Å²) in [6, 6.07) is 0. The van der Waals surface area contributed by atoms with Crippen molar-refractivity contribution in [2.75, 3.05) is 0 Å². The van der Waals surface area contributed by atoms with Crippen LogP contribution in [0.2, 0.25) is 0 Å². The Balaban J connectivity index is 1.98. The first-order valence-corrected chi connectivity index (χ1v) is 7.90. The Hall–Kier alpha value is -0.530. The first-order chi connectivity index (χ1) is 8.69. The van der Waals surface area contributed by atoms with E-state index in [1.54, 1.807) is 0 Å². The quantitative estimate of drug-likeness (QED) is 0.724. The first kappa shape index (κ1) is 13.9. The zero-order chi connectivity index (χ0) is 13.0. The maximum Gasteiger partial charge on any atom is 0.361 e. The molecular formula is C16H27O2. The van der Waals surface area contributed by atoms with E-state index in [0.717, 1.165) is 44.4 Å². The minimum absolute atomic E-state index is 0.399. The molecule has 0 unspecified atom stereocenters.